The Labute approximate surface area is 137 Å². The van der Waals surface area contributed by atoms with Crippen LogP contribution in [-0.2, 0) is 9.59 Å². The van der Waals surface area contributed by atoms with Crippen LogP contribution in [0.1, 0.15) is 44.9 Å². The number of nitrogens with zero attached hydrogens (tertiary/aromatic N) is 1. The Bertz CT molecular complexity index is 386. The summed E-state index contributed by atoms with van der Waals surface area (Å²) in [6.45, 7) is 1.41. The van der Waals surface area contributed by atoms with Crippen LogP contribution in [0.15, 0.2) is 0 Å². The lowest BCUT2D eigenvalue weighted by molar-refractivity contribution is -0.135. The van der Waals surface area contributed by atoms with Crippen molar-refractivity contribution in [3.8, 4) is 0 Å². The molecule has 2 aliphatic rings. The van der Waals surface area contributed by atoms with Gasteiger partial charge >= 0.3 is 0 Å². The van der Waals surface area contributed by atoms with E-state index in [1.165, 1.54) is 19.3 Å². The average Bonchev–Trinajstić information content (AvgIpc) is 3.01. The molecule has 1 saturated heterocycles. The van der Waals surface area contributed by atoms with Crippen LogP contribution in [0.5, 0.6) is 0 Å². The first-order valence-corrected chi connectivity index (χ1v) is 9.85. The van der Waals surface area contributed by atoms with Crippen molar-refractivity contribution in [2.45, 2.75) is 57.0 Å². The van der Waals surface area contributed by atoms with Gasteiger partial charge in [-0.2, -0.15) is 11.8 Å². The molecule has 5 nitrogen and oxygen atoms in total. The highest BCUT2D eigenvalue weighted by Crippen LogP contribution is 2.26. The minimum atomic E-state index is -0.435. The fourth-order valence-corrected chi connectivity index (χ4v) is 3.86. The molecule has 1 saturated carbocycles. The number of carbonyl (C=O) groups excluding carboxylic acids is 2. The van der Waals surface area contributed by atoms with Crippen molar-refractivity contribution in [3.63, 3.8) is 0 Å². The molecule has 2 amide bonds. The van der Waals surface area contributed by atoms with E-state index in [4.69, 9.17) is 5.73 Å². The van der Waals surface area contributed by atoms with Gasteiger partial charge in [0, 0.05) is 25.0 Å². The third-order valence-corrected chi connectivity index (χ3v) is 5.41. The number of likely N-dealkylation sites (tertiary alicyclic amines) is 1. The topological polar surface area (TPSA) is 75.4 Å². The van der Waals surface area contributed by atoms with Crippen LogP contribution in [0, 0.1) is 5.92 Å². The fraction of sp³-hybridized carbons (Fsp3) is 0.875. The smallest absolute Gasteiger partial charge is 0.237 e. The third kappa shape index (κ3) is 4.88. The number of amides is 2. The SMILES string of the molecule is CSCC[C@H](N)C(=O)NC1CCN(C(=O)C2CCCCC2)C1. The van der Waals surface area contributed by atoms with Crippen LogP contribution in [0.25, 0.3) is 0 Å². The Morgan fingerprint density at radius 3 is 2.68 bits per heavy atom. The van der Waals surface area contributed by atoms with Gasteiger partial charge in [-0.15, -0.1) is 0 Å². The fourth-order valence-electron chi connectivity index (χ4n) is 3.37. The highest BCUT2D eigenvalue weighted by molar-refractivity contribution is 7.98. The highest BCUT2D eigenvalue weighted by Gasteiger charge is 2.32. The number of carbonyl (C=O) groups is 2. The summed E-state index contributed by atoms with van der Waals surface area (Å²) in [4.78, 5) is 26.5. The lowest BCUT2D eigenvalue weighted by Gasteiger charge is -2.26. The van der Waals surface area contributed by atoms with E-state index in [0.717, 1.165) is 31.6 Å². The van der Waals surface area contributed by atoms with Crippen molar-refractivity contribution < 1.29 is 9.59 Å². The third-order valence-electron chi connectivity index (χ3n) is 4.77. The summed E-state index contributed by atoms with van der Waals surface area (Å²) in [5.41, 5.74) is 5.89. The van der Waals surface area contributed by atoms with Crippen LogP contribution < -0.4 is 11.1 Å². The molecular weight excluding hydrogens is 298 g/mol. The monoisotopic (exact) mass is 327 g/mol. The number of nitrogens with one attached hydrogen (secondary N) is 1. The lowest BCUT2D eigenvalue weighted by atomic mass is 9.88. The molecule has 0 aromatic rings. The minimum Gasteiger partial charge on any atom is -0.350 e. The molecule has 3 N–H and O–H groups in total. The Morgan fingerprint density at radius 2 is 2.00 bits per heavy atom. The summed E-state index contributed by atoms with van der Waals surface area (Å²) in [6.07, 6.45) is 9.23. The number of nitrogens with two attached hydrogens (primary N) is 1. The summed E-state index contributed by atoms with van der Waals surface area (Å²) in [6, 6.07) is -0.365. The van der Waals surface area contributed by atoms with Crippen LogP contribution in [-0.4, -0.2) is 53.9 Å². The molecule has 1 aliphatic heterocycles. The Morgan fingerprint density at radius 1 is 1.27 bits per heavy atom. The maximum absolute atomic E-state index is 12.5. The van der Waals surface area contributed by atoms with Crippen LogP contribution in [0.2, 0.25) is 0 Å². The maximum atomic E-state index is 12.5. The lowest BCUT2D eigenvalue weighted by Crippen LogP contribution is -2.47. The molecular formula is C16H29N3O2S. The van der Waals surface area contributed by atoms with Gasteiger partial charge in [0.25, 0.3) is 0 Å². The molecule has 2 atom stereocenters. The molecule has 0 aromatic carbocycles. The van der Waals surface area contributed by atoms with Crippen molar-refractivity contribution in [2.24, 2.45) is 11.7 Å². The molecule has 1 unspecified atom stereocenters. The molecule has 0 bridgehead atoms. The second kappa shape index (κ2) is 8.77. The minimum absolute atomic E-state index is 0.0698. The zero-order valence-electron chi connectivity index (χ0n) is 13.6. The quantitative estimate of drug-likeness (QED) is 0.772. The van der Waals surface area contributed by atoms with E-state index in [0.29, 0.717) is 18.9 Å². The first-order chi connectivity index (χ1) is 10.6. The first-order valence-electron chi connectivity index (χ1n) is 8.45. The van der Waals surface area contributed by atoms with Gasteiger partial charge in [-0.1, -0.05) is 19.3 Å². The largest absolute Gasteiger partial charge is 0.350 e. The number of hydrogen-bond donors (Lipinski definition) is 2. The van der Waals surface area contributed by atoms with Gasteiger partial charge in [0.2, 0.25) is 11.8 Å². The van der Waals surface area contributed by atoms with E-state index < -0.39 is 6.04 Å². The van der Waals surface area contributed by atoms with Crippen molar-refractivity contribution in [1.29, 1.82) is 0 Å². The molecule has 2 fully saturated rings. The zero-order chi connectivity index (χ0) is 15.9. The second-order valence-corrected chi connectivity index (χ2v) is 7.49. The molecule has 6 heteroatoms. The normalized spacial score (nSPS) is 24.3. The molecule has 1 aliphatic carbocycles. The first kappa shape index (κ1) is 17.6. The molecule has 2 rings (SSSR count). The second-order valence-electron chi connectivity index (χ2n) is 6.50. The number of hydrogen-bond acceptors (Lipinski definition) is 4. The van der Waals surface area contributed by atoms with Gasteiger partial charge in [-0.3, -0.25) is 9.59 Å². The average molecular weight is 327 g/mol. The summed E-state index contributed by atoms with van der Waals surface area (Å²) >= 11 is 1.70. The summed E-state index contributed by atoms with van der Waals surface area (Å²) in [5.74, 6) is 1.33. The van der Waals surface area contributed by atoms with Crippen LogP contribution >= 0.6 is 11.8 Å². The van der Waals surface area contributed by atoms with Crippen LogP contribution in [0.4, 0.5) is 0 Å². The van der Waals surface area contributed by atoms with Gasteiger partial charge in [0.05, 0.1) is 6.04 Å². The predicted octanol–water partition coefficient (Wildman–Crippen LogP) is 1.36. The Balaban J connectivity index is 1.74. The van der Waals surface area contributed by atoms with Crippen molar-refractivity contribution in [3.05, 3.63) is 0 Å². The summed E-state index contributed by atoms with van der Waals surface area (Å²) < 4.78 is 0. The molecule has 1 heterocycles. The molecule has 0 radical (unpaired) electrons. The Kier molecular flexibility index (Phi) is 7.02. The van der Waals surface area contributed by atoms with Crippen LogP contribution in [0.3, 0.4) is 0 Å². The van der Waals surface area contributed by atoms with E-state index in [1.807, 2.05) is 11.2 Å². The molecule has 126 valence electrons. The van der Waals surface area contributed by atoms with E-state index in [-0.39, 0.29) is 17.9 Å². The van der Waals surface area contributed by atoms with Gasteiger partial charge in [0.1, 0.15) is 0 Å². The molecule has 0 spiro atoms. The molecule has 0 aromatic heterocycles. The maximum Gasteiger partial charge on any atom is 0.237 e. The Hall–Kier alpha value is -0.750. The van der Waals surface area contributed by atoms with E-state index in [1.54, 1.807) is 11.8 Å². The van der Waals surface area contributed by atoms with Gasteiger partial charge in [0.15, 0.2) is 0 Å². The van der Waals surface area contributed by atoms with E-state index in [9.17, 15) is 9.59 Å². The predicted molar refractivity (Wildman–Crippen MR) is 90.7 cm³/mol. The standard InChI is InChI=1S/C16H29N3O2S/c1-22-10-8-14(17)15(20)18-13-7-9-19(11-13)16(21)12-5-3-2-4-6-12/h12-14H,2-11,17H2,1H3,(H,18,20)/t13?,14-/m0/s1. The van der Waals surface area contributed by atoms with E-state index >= 15 is 0 Å². The summed E-state index contributed by atoms with van der Waals surface area (Å²) in [5, 5.41) is 3.01. The van der Waals surface area contributed by atoms with E-state index in [2.05, 4.69) is 5.32 Å². The van der Waals surface area contributed by atoms with Crippen molar-refractivity contribution in [2.75, 3.05) is 25.1 Å². The van der Waals surface area contributed by atoms with Crippen molar-refractivity contribution in [1.82, 2.24) is 10.2 Å². The van der Waals surface area contributed by atoms with Gasteiger partial charge in [-0.25, -0.2) is 0 Å². The molecule has 22 heavy (non-hydrogen) atoms. The van der Waals surface area contributed by atoms with Crippen molar-refractivity contribution >= 4 is 23.6 Å². The number of rotatable bonds is 6. The zero-order valence-corrected chi connectivity index (χ0v) is 14.4. The van der Waals surface area contributed by atoms with Gasteiger partial charge < -0.3 is 16.0 Å². The van der Waals surface area contributed by atoms with Gasteiger partial charge in [-0.05, 0) is 37.7 Å². The summed E-state index contributed by atoms with van der Waals surface area (Å²) in [7, 11) is 0. The highest BCUT2D eigenvalue weighted by atomic mass is 32.2. The number of thioether (sulfide) groups is 1.